The predicted molar refractivity (Wildman–Crippen MR) is 62.6 cm³/mol. The van der Waals surface area contributed by atoms with Gasteiger partial charge in [0, 0.05) is 22.8 Å². The molecule has 1 aromatic carbocycles. The Labute approximate surface area is 96.0 Å². The number of fused-ring (bicyclic) bond motifs is 1. The lowest BCUT2D eigenvalue weighted by molar-refractivity contribution is 0.102. The van der Waals surface area contributed by atoms with Gasteiger partial charge in [-0.05, 0) is 24.3 Å². The minimum Gasteiger partial charge on any atom is -0.361 e. The molecule has 2 aromatic heterocycles. The average Bonchev–Trinajstić information content (AvgIpc) is 2.99. The van der Waals surface area contributed by atoms with Crippen LogP contribution in [0.3, 0.4) is 0 Å². The molecule has 3 N–H and O–H groups in total. The Bertz CT molecular complexity index is 655. The number of aromatic amines is 2. The molecule has 84 valence electrons. The number of carbonyl (C=O) groups is 1. The van der Waals surface area contributed by atoms with Gasteiger partial charge in [-0.1, -0.05) is 0 Å². The van der Waals surface area contributed by atoms with Crippen molar-refractivity contribution < 1.29 is 4.79 Å². The molecule has 0 saturated heterocycles. The third-order valence-electron chi connectivity index (χ3n) is 2.46. The maximum absolute atomic E-state index is 11.7. The molecule has 0 aliphatic carbocycles. The van der Waals surface area contributed by atoms with Crippen molar-refractivity contribution in [2.45, 2.75) is 0 Å². The van der Waals surface area contributed by atoms with E-state index < -0.39 is 0 Å². The van der Waals surface area contributed by atoms with Crippen LogP contribution >= 0.6 is 0 Å². The lowest BCUT2D eigenvalue weighted by Crippen LogP contribution is -2.12. The van der Waals surface area contributed by atoms with Crippen LogP contribution in [-0.4, -0.2) is 26.3 Å². The van der Waals surface area contributed by atoms with Crippen LogP contribution in [-0.2, 0) is 0 Å². The minimum atomic E-state index is -0.284. The number of hydrogen-bond acceptors (Lipinski definition) is 3. The summed E-state index contributed by atoms with van der Waals surface area (Å²) in [5.74, 6) is -0.284. The third kappa shape index (κ3) is 1.76. The zero-order valence-corrected chi connectivity index (χ0v) is 8.77. The van der Waals surface area contributed by atoms with E-state index >= 15 is 0 Å². The normalized spacial score (nSPS) is 10.6. The Kier molecular flexibility index (Phi) is 2.11. The molecule has 0 unspecified atom stereocenters. The Hall–Kier alpha value is -2.63. The van der Waals surface area contributed by atoms with Crippen molar-refractivity contribution in [3.8, 4) is 0 Å². The fourth-order valence-corrected chi connectivity index (χ4v) is 1.64. The number of benzene rings is 1. The molecule has 0 bridgehead atoms. The number of nitrogens with one attached hydrogen (secondary N) is 3. The highest BCUT2D eigenvalue weighted by Gasteiger charge is 2.08. The summed E-state index contributed by atoms with van der Waals surface area (Å²) in [5, 5.41) is 13.5. The van der Waals surface area contributed by atoms with Crippen molar-refractivity contribution in [3.05, 3.63) is 42.4 Å². The van der Waals surface area contributed by atoms with E-state index in [2.05, 4.69) is 25.7 Å². The fraction of sp³-hybridized carbons (Fsp3) is 0. The molecule has 3 aromatic rings. The van der Waals surface area contributed by atoms with Gasteiger partial charge >= 0.3 is 0 Å². The second-order valence-electron chi connectivity index (χ2n) is 3.59. The molecule has 0 saturated carbocycles. The maximum Gasteiger partial charge on any atom is 0.277 e. The second-order valence-corrected chi connectivity index (χ2v) is 3.59. The Morgan fingerprint density at radius 1 is 1.29 bits per heavy atom. The molecule has 0 spiro atoms. The van der Waals surface area contributed by atoms with Crippen LogP contribution in [0.25, 0.3) is 10.9 Å². The first kappa shape index (κ1) is 9.59. The first-order chi connectivity index (χ1) is 8.33. The summed E-state index contributed by atoms with van der Waals surface area (Å²) >= 11 is 0. The van der Waals surface area contributed by atoms with E-state index in [1.165, 1.54) is 6.20 Å². The van der Waals surface area contributed by atoms with Gasteiger partial charge in [0.05, 0.1) is 6.20 Å². The Morgan fingerprint density at radius 3 is 3.06 bits per heavy atom. The van der Waals surface area contributed by atoms with Crippen LogP contribution in [0.5, 0.6) is 0 Å². The molecule has 6 heteroatoms. The summed E-state index contributed by atoms with van der Waals surface area (Å²) in [4.78, 5) is 14.8. The average molecular weight is 227 g/mol. The predicted octanol–water partition coefficient (Wildman–Crippen LogP) is 1.54. The zero-order valence-electron chi connectivity index (χ0n) is 8.77. The number of nitrogens with zero attached hydrogens (tertiary/aromatic N) is 2. The monoisotopic (exact) mass is 227 g/mol. The third-order valence-corrected chi connectivity index (χ3v) is 2.46. The van der Waals surface area contributed by atoms with Crippen molar-refractivity contribution in [1.82, 2.24) is 20.4 Å². The van der Waals surface area contributed by atoms with Gasteiger partial charge in [-0.3, -0.25) is 4.79 Å². The number of hydrogen-bond donors (Lipinski definition) is 3. The van der Waals surface area contributed by atoms with Crippen molar-refractivity contribution >= 4 is 22.5 Å². The van der Waals surface area contributed by atoms with Crippen LogP contribution in [0, 0.1) is 0 Å². The number of anilines is 1. The summed E-state index contributed by atoms with van der Waals surface area (Å²) < 4.78 is 0. The largest absolute Gasteiger partial charge is 0.361 e. The van der Waals surface area contributed by atoms with Crippen LogP contribution in [0.4, 0.5) is 5.69 Å². The summed E-state index contributed by atoms with van der Waals surface area (Å²) in [5.41, 5.74) is 2.02. The molecule has 0 aliphatic rings. The van der Waals surface area contributed by atoms with Gasteiger partial charge in [-0.2, -0.15) is 15.4 Å². The first-order valence-electron chi connectivity index (χ1n) is 5.07. The summed E-state index contributed by atoms with van der Waals surface area (Å²) in [6.45, 7) is 0. The van der Waals surface area contributed by atoms with E-state index in [4.69, 9.17) is 0 Å². The van der Waals surface area contributed by atoms with Crippen LogP contribution < -0.4 is 5.32 Å². The van der Waals surface area contributed by atoms with E-state index in [-0.39, 0.29) is 11.6 Å². The summed E-state index contributed by atoms with van der Waals surface area (Å²) in [6.07, 6.45) is 3.23. The number of H-pyrrole nitrogens is 2. The molecule has 6 nitrogen and oxygen atoms in total. The van der Waals surface area contributed by atoms with Gasteiger partial charge in [0.25, 0.3) is 5.91 Å². The minimum absolute atomic E-state index is 0.263. The standard InChI is InChI=1S/C11H9N5O/c17-11(10-6-13-16-15-10)14-8-1-2-9-7(5-8)3-4-12-9/h1-6,12H,(H,14,17)(H,13,15,16). The molecule has 0 atom stereocenters. The highest BCUT2D eigenvalue weighted by Crippen LogP contribution is 2.18. The van der Waals surface area contributed by atoms with Crippen molar-refractivity contribution in [3.63, 3.8) is 0 Å². The fourth-order valence-electron chi connectivity index (χ4n) is 1.64. The lowest BCUT2D eigenvalue weighted by atomic mass is 10.2. The Morgan fingerprint density at radius 2 is 2.24 bits per heavy atom. The molecule has 3 rings (SSSR count). The van der Waals surface area contributed by atoms with E-state index in [1.807, 2.05) is 30.5 Å². The van der Waals surface area contributed by atoms with Gasteiger partial charge < -0.3 is 10.3 Å². The van der Waals surface area contributed by atoms with Gasteiger partial charge in [0.1, 0.15) is 0 Å². The molecule has 0 radical (unpaired) electrons. The van der Waals surface area contributed by atoms with E-state index in [9.17, 15) is 4.79 Å². The topological polar surface area (TPSA) is 86.5 Å². The van der Waals surface area contributed by atoms with Gasteiger partial charge in [-0.25, -0.2) is 0 Å². The number of amides is 1. The molecule has 17 heavy (non-hydrogen) atoms. The smallest absolute Gasteiger partial charge is 0.277 e. The van der Waals surface area contributed by atoms with Crippen molar-refractivity contribution in [1.29, 1.82) is 0 Å². The van der Waals surface area contributed by atoms with Gasteiger partial charge in [0.15, 0.2) is 5.69 Å². The summed E-state index contributed by atoms with van der Waals surface area (Å²) in [7, 11) is 0. The highest BCUT2D eigenvalue weighted by atomic mass is 16.2. The van der Waals surface area contributed by atoms with Crippen LogP contribution in [0.1, 0.15) is 10.5 Å². The number of aromatic nitrogens is 4. The quantitative estimate of drug-likeness (QED) is 0.620. The molecular weight excluding hydrogens is 218 g/mol. The van der Waals surface area contributed by atoms with E-state index in [0.717, 1.165) is 16.6 Å². The first-order valence-corrected chi connectivity index (χ1v) is 5.07. The Balaban J connectivity index is 1.87. The zero-order chi connectivity index (χ0) is 11.7. The highest BCUT2D eigenvalue weighted by molar-refractivity contribution is 6.03. The van der Waals surface area contributed by atoms with Gasteiger partial charge in [0.2, 0.25) is 0 Å². The van der Waals surface area contributed by atoms with Crippen LogP contribution in [0.2, 0.25) is 0 Å². The molecule has 0 aliphatic heterocycles. The van der Waals surface area contributed by atoms with Crippen molar-refractivity contribution in [2.75, 3.05) is 5.32 Å². The van der Waals surface area contributed by atoms with Crippen molar-refractivity contribution in [2.24, 2.45) is 0 Å². The van der Waals surface area contributed by atoms with E-state index in [1.54, 1.807) is 0 Å². The number of carbonyl (C=O) groups excluding carboxylic acids is 1. The second kappa shape index (κ2) is 3.75. The SMILES string of the molecule is O=C(Nc1ccc2[nH]ccc2c1)c1cn[nH]n1. The van der Waals surface area contributed by atoms with Gasteiger partial charge in [-0.15, -0.1) is 0 Å². The number of rotatable bonds is 2. The summed E-state index contributed by atoms with van der Waals surface area (Å²) in [6, 6.07) is 7.58. The molecule has 0 fully saturated rings. The van der Waals surface area contributed by atoms with Crippen LogP contribution in [0.15, 0.2) is 36.7 Å². The van der Waals surface area contributed by atoms with E-state index in [0.29, 0.717) is 0 Å². The maximum atomic E-state index is 11.7. The molecular formula is C11H9N5O. The lowest BCUT2D eigenvalue weighted by Gasteiger charge is -2.02. The molecule has 1 amide bonds. The molecule has 2 heterocycles.